The van der Waals surface area contributed by atoms with Gasteiger partial charge in [-0.15, -0.1) is 11.3 Å². The first-order chi connectivity index (χ1) is 9.42. The zero-order valence-electron chi connectivity index (χ0n) is 11.2. The van der Waals surface area contributed by atoms with E-state index in [1.807, 2.05) is 5.38 Å². The van der Waals surface area contributed by atoms with Gasteiger partial charge in [-0.2, -0.15) is 0 Å². The SMILES string of the molecule is COC(=O)C(C)S(=O)(=O)NCc1sccc1C#CCN. The molecule has 0 radical (unpaired) electrons. The number of carbonyl (C=O) groups is 1. The second-order valence-electron chi connectivity index (χ2n) is 3.79. The minimum absolute atomic E-state index is 0.0793. The summed E-state index contributed by atoms with van der Waals surface area (Å²) in [5, 5.41) is 0.555. The van der Waals surface area contributed by atoms with E-state index in [0.717, 1.165) is 17.6 Å². The van der Waals surface area contributed by atoms with Crippen molar-refractivity contribution in [3.8, 4) is 11.8 Å². The van der Waals surface area contributed by atoms with Crippen LogP contribution in [0.15, 0.2) is 11.4 Å². The Morgan fingerprint density at radius 2 is 2.30 bits per heavy atom. The minimum Gasteiger partial charge on any atom is -0.468 e. The number of nitrogens with two attached hydrogens (primary N) is 1. The van der Waals surface area contributed by atoms with E-state index in [9.17, 15) is 13.2 Å². The lowest BCUT2D eigenvalue weighted by molar-refractivity contribution is -0.139. The Balaban J connectivity index is 2.77. The van der Waals surface area contributed by atoms with Crippen molar-refractivity contribution in [2.75, 3.05) is 13.7 Å². The standard InChI is InChI=1S/C12H16N2O4S2/c1-9(12(15)18-2)20(16,17)14-8-11-10(4-3-6-13)5-7-19-11/h5,7,9,14H,6,8,13H2,1-2H3. The molecular formula is C12H16N2O4S2. The fraction of sp³-hybridized carbons (Fsp3) is 0.417. The topological polar surface area (TPSA) is 98.5 Å². The molecule has 1 heterocycles. The van der Waals surface area contributed by atoms with E-state index in [0.29, 0.717) is 0 Å². The number of esters is 1. The van der Waals surface area contributed by atoms with Crippen LogP contribution in [0.3, 0.4) is 0 Å². The van der Waals surface area contributed by atoms with Crippen LogP contribution in [-0.2, 0) is 26.1 Å². The summed E-state index contributed by atoms with van der Waals surface area (Å²) in [5.74, 6) is 4.77. The number of methoxy groups -OCH3 is 1. The third-order valence-corrected chi connectivity index (χ3v) is 5.09. The zero-order valence-corrected chi connectivity index (χ0v) is 12.8. The van der Waals surface area contributed by atoms with Gasteiger partial charge in [-0.05, 0) is 18.4 Å². The Morgan fingerprint density at radius 3 is 2.90 bits per heavy atom. The number of hydrogen-bond donors (Lipinski definition) is 2. The monoisotopic (exact) mass is 316 g/mol. The molecule has 0 aliphatic heterocycles. The quantitative estimate of drug-likeness (QED) is 0.590. The van der Waals surface area contributed by atoms with Crippen molar-refractivity contribution in [1.29, 1.82) is 0 Å². The minimum atomic E-state index is -3.78. The summed E-state index contributed by atoms with van der Waals surface area (Å²) >= 11 is 1.38. The molecule has 8 heteroatoms. The highest BCUT2D eigenvalue weighted by molar-refractivity contribution is 7.90. The lowest BCUT2D eigenvalue weighted by Gasteiger charge is -2.11. The predicted molar refractivity (Wildman–Crippen MR) is 77.5 cm³/mol. The van der Waals surface area contributed by atoms with E-state index in [1.54, 1.807) is 6.07 Å². The lowest BCUT2D eigenvalue weighted by Crippen LogP contribution is -2.37. The smallest absolute Gasteiger partial charge is 0.325 e. The van der Waals surface area contributed by atoms with Gasteiger partial charge in [-0.1, -0.05) is 11.8 Å². The van der Waals surface area contributed by atoms with Crippen molar-refractivity contribution in [2.24, 2.45) is 5.73 Å². The fourth-order valence-electron chi connectivity index (χ4n) is 1.32. The number of rotatable bonds is 5. The third-order valence-electron chi connectivity index (χ3n) is 2.50. The molecule has 1 rings (SSSR count). The van der Waals surface area contributed by atoms with E-state index in [2.05, 4.69) is 21.3 Å². The molecule has 0 aliphatic carbocycles. The van der Waals surface area contributed by atoms with Gasteiger partial charge in [-0.3, -0.25) is 4.79 Å². The van der Waals surface area contributed by atoms with Crippen LogP contribution in [0.5, 0.6) is 0 Å². The Labute approximate surface area is 122 Å². The number of sulfonamides is 1. The maximum atomic E-state index is 11.9. The van der Waals surface area contributed by atoms with E-state index in [4.69, 9.17) is 5.73 Å². The molecule has 0 bridgehead atoms. The molecule has 0 saturated heterocycles. The number of nitrogens with one attached hydrogen (secondary N) is 1. The van der Waals surface area contributed by atoms with Crippen LogP contribution in [0.25, 0.3) is 0 Å². The summed E-state index contributed by atoms with van der Waals surface area (Å²) in [6.07, 6.45) is 0. The molecule has 0 fully saturated rings. The van der Waals surface area contributed by atoms with Crippen molar-refractivity contribution < 1.29 is 17.9 Å². The van der Waals surface area contributed by atoms with Gasteiger partial charge in [0.2, 0.25) is 10.0 Å². The number of hydrogen-bond acceptors (Lipinski definition) is 6. The number of ether oxygens (including phenoxy) is 1. The molecular weight excluding hydrogens is 300 g/mol. The molecule has 0 aliphatic rings. The van der Waals surface area contributed by atoms with Crippen molar-refractivity contribution >= 4 is 27.3 Å². The molecule has 0 spiro atoms. The Morgan fingerprint density at radius 1 is 1.60 bits per heavy atom. The Hall–Kier alpha value is -1.40. The molecule has 1 aromatic heterocycles. The second-order valence-corrected chi connectivity index (χ2v) is 6.88. The first-order valence-corrected chi connectivity index (χ1v) is 8.16. The van der Waals surface area contributed by atoms with Crippen LogP contribution in [0.4, 0.5) is 0 Å². The van der Waals surface area contributed by atoms with Crippen LogP contribution in [0.1, 0.15) is 17.4 Å². The van der Waals surface area contributed by atoms with Gasteiger partial charge < -0.3 is 10.5 Å². The van der Waals surface area contributed by atoms with E-state index in [-0.39, 0.29) is 13.1 Å². The molecule has 110 valence electrons. The maximum Gasteiger partial charge on any atom is 0.325 e. The molecule has 6 nitrogen and oxygen atoms in total. The highest BCUT2D eigenvalue weighted by Gasteiger charge is 2.28. The largest absolute Gasteiger partial charge is 0.468 e. The molecule has 0 saturated carbocycles. The average Bonchev–Trinajstić information content (AvgIpc) is 2.88. The number of carbonyl (C=O) groups excluding carboxylic acids is 1. The summed E-state index contributed by atoms with van der Waals surface area (Å²) in [4.78, 5) is 12.0. The molecule has 1 atom stereocenters. The highest BCUT2D eigenvalue weighted by Crippen LogP contribution is 2.16. The fourth-order valence-corrected chi connectivity index (χ4v) is 3.13. The van der Waals surface area contributed by atoms with Gasteiger partial charge in [0.1, 0.15) is 0 Å². The van der Waals surface area contributed by atoms with Crippen LogP contribution in [0, 0.1) is 11.8 Å². The van der Waals surface area contributed by atoms with Gasteiger partial charge >= 0.3 is 5.97 Å². The molecule has 3 N–H and O–H groups in total. The van der Waals surface area contributed by atoms with E-state index >= 15 is 0 Å². The van der Waals surface area contributed by atoms with Crippen molar-refractivity contribution in [3.63, 3.8) is 0 Å². The second kappa shape index (κ2) is 7.40. The normalized spacial score (nSPS) is 12.3. The van der Waals surface area contributed by atoms with Crippen LogP contribution >= 0.6 is 11.3 Å². The first kappa shape index (κ1) is 16.7. The van der Waals surface area contributed by atoms with Crippen molar-refractivity contribution in [1.82, 2.24) is 4.72 Å². The van der Waals surface area contributed by atoms with Crippen LogP contribution in [0.2, 0.25) is 0 Å². The predicted octanol–water partition coefficient (Wildman–Crippen LogP) is 0.0392. The summed E-state index contributed by atoms with van der Waals surface area (Å²) < 4.78 is 30.6. The zero-order chi connectivity index (χ0) is 15.2. The molecule has 0 aromatic carbocycles. The van der Waals surface area contributed by atoms with Gasteiger partial charge in [0, 0.05) is 17.0 Å². The first-order valence-electron chi connectivity index (χ1n) is 5.74. The van der Waals surface area contributed by atoms with Crippen LogP contribution in [-0.4, -0.2) is 33.3 Å². The van der Waals surface area contributed by atoms with Gasteiger partial charge in [0.05, 0.1) is 13.7 Å². The van der Waals surface area contributed by atoms with E-state index in [1.165, 1.54) is 18.3 Å². The molecule has 1 aromatic rings. The van der Waals surface area contributed by atoms with Gasteiger partial charge in [0.25, 0.3) is 0 Å². The molecule has 0 amide bonds. The van der Waals surface area contributed by atoms with Gasteiger partial charge in [-0.25, -0.2) is 13.1 Å². The number of thiophene rings is 1. The lowest BCUT2D eigenvalue weighted by atomic mass is 10.2. The molecule has 1 unspecified atom stereocenters. The summed E-state index contributed by atoms with van der Waals surface area (Å²) in [5.41, 5.74) is 6.02. The Bertz CT molecular complexity index is 625. The summed E-state index contributed by atoms with van der Waals surface area (Å²) in [6, 6.07) is 1.79. The average molecular weight is 316 g/mol. The summed E-state index contributed by atoms with van der Waals surface area (Å²) in [7, 11) is -2.63. The van der Waals surface area contributed by atoms with E-state index < -0.39 is 21.2 Å². The highest BCUT2D eigenvalue weighted by atomic mass is 32.2. The molecule has 20 heavy (non-hydrogen) atoms. The maximum absolute atomic E-state index is 11.9. The van der Waals surface area contributed by atoms with Crippen molar-refractivity contribution in [3.05, 3.63) is 21.9 Å². The van der Waals surface area contributed by atoms with Crippen molar-refractivity contribution in [2.45, 2.75) is 18.7 Å². The third kappa shape index (κ3) is 4.31. The summed E-state index contributed by atoms with van der Waals surface area (Å²) in [6.45, 7) is 1.59. The Kier molecular flexibility index (Phi) is 6.16. The van der Waals surface area contributed by atoms with Gasteiger partial charge in [0.15, 0.2) is 5.25 Å². The van der Waals surface area contributed by atoms with Crippen LogP contribution < -0.4 is 10.5 Å².